The first kappa shape index (κ1) is 18.0. The molecule has 2 heterocycles. The van der Waals surface area contributed by atoms with Gasteiger partial charge in [0, 0.05) is 24.1 Å². The molecule has 0 bridgehead atoms. The van der Waals surface area contributed by atoms with Crippen molar-refractivity contribution in [1.29, 1.82) is 0 Å². The van der Waals surface area contributed by atoms with Gasteiger partial charge in [-0.05, 0) is 42.5 Å². The number of aliphatic imine (C=N–C) groups is 1. The molecule has 0 atom stereocenters. The number of non-ortho nitro benzene ring substituents is 1. The average Bonchev–Trinajstić information content (AvgIpc) is 3.14. The molecule has 2 aromatic rings. The number of carbonyl (C=O) groups is 1. The number of carbonyl (C=O) groups excluding carboxylic acids is 1. The number of nitrogens with zero attached hydrogens (tertiary/aromatic N) is 4. The molecule has 3 rings (SSSR count). The zero-order chi connectivity index (χ0) is 18.7. The van der Waals surface area contributed by atoms with Gasteiger partial charge in [-0.3, -0.25) is 19.8 Å². The summed E-state index contributed by atoms with van der Waals surface area (Å²) in [5, 5.41) is 13.8. The fourth-order valence-electron chi connectivity index (χ4n) is 2.20. The molecule has 1 aromatic heterocycles. The van der Waals surface area contributed by atoms with Crippen LogP contribution in [0.15, 0.2) is 52.2 Å². The van der Waals surface area contributed by atoms with Crippen LogP contribution in [-0.4, -0.2) is 32.4 Å². The molecule has 0 aliphatic carbocycles. The van der Waals surface area contributed by atoms with E-state index in [9.17, 15) is 14.9 Å². The summed E-state index contributed by atoms with van der Waals surface area (Å²) in [5.41, 5.74) is 1.59. The van der Waals surface area contributed by atoms with Crippen molar-refractivity contribution in [3.8, 4) is 0 Å². The number of amides is 1. The Bertz CT molecular complexity index is 932. The van der Waals surface area contributed by atoms with Crippen molar-refractivity contribution >= 4 is 51.1 Å². The first-order valence-electron chi connectivity index (χ1n) is 7.55. The maximum absolute atomic E-state index is 12.7. The first-order chi connectivity index (χ1) is 12.5. The highest BCUT2D eigenvalue weighted by Gasteiger charge is 2.32. The Labute approximate surface area is 157 Å². The van der Waals surface area contributed by atoms with Crippen LogP contribution in [0.4, 0.5) is 10.8 Å². The highest BCUT2D eigenvalue weighted by molar-refractivity contribution is 8.18. The Balaban J connectivity index is 1.90. The predicted octanol–water partition coefficient (Wildman–Crippen LogP) is 4.15. The number of thioether (sulfide) groups is 1. The maximum atomic E-state index is 12.7. The second-order valence-corrected chi connectivity index (χ2v) is 7.18. The number of aryl methyl sites for hydroxylation is 1. The van der Waals surface area contributed by atoms with Crippen molar-refractivity contribution in [3.63, 3.8) is 0 Å². The lowest BCUT2D eigenvalue weighted by molar-refractivity contribution is -0.384. The van der Waals surface area contributed by atoms with Crippen LogP contribution in [0, 0.1) is 17.0 Å². The molecule has 1 saturated heterocycles. The van der Waals surface area contributed by atoms with Crippen molar-refractivity contribution in [3.05, 3.63) is 68.6 Å². The second-order valence-electron chi connectivity index (χ2n) is 5.33. The van der Waals surface area contributed by atoms with Gasteiger partial charge in [-0.15, -0.1) is 17.9 Å². The molecule has 26 heavy (non-hydrogen) atoms. The van der Waals surface area contributed by atoms with E-state index in [2.05, 4.69) is 16.6 Å². The fraction of sp³-hybridized carbons (Fsp3) is 0.118. The lowest BCUT2D eigenvalue weighted by Gasteiger charge is -2.11. The molecule has 1 aliphatic rings. The number of hydrogen-bond donors (Lipinski definition) is 0. The summed E-state index contributed by atoms with van der Waals surface area (Å²) >= 11 is 2.66. The Morgan fingerprint density at radius 1 is 1.38 bits per heavy atom. The standard InChI is InChI=1S/C17H14N4O3S2/c1-3-8-20-15(22)14(9-12-4-6-13(7-5-12)21(23)24)26-17(20)19-16-18-11(2)10-25-16/h3-7,9-10H,1,8H2,2H3/b14-9-,19-17+. The first-order valence-corrected chi connectivity index (χ1v) is 9.25. The van der Waals surface area contributed by atoms with Crippen LogP contribution < -0.4 is 0 Å². The molecule has 132 valence electrons. The van der Waals surface area contributed by atoms with Crippen molar-refractivity contribution in [2.75, 3.05) is 6.54 Å². The van der Waals surface area contributed by atoms with Crippen LogP contribution in [0.25, 0.3) is 6.08 Å². The van der Waals surface area contributed by atoms with Crippen LogP contribution in [0.3, 0.4) is 0 Å². The summed E-state index contributed by atoms with van der Waals surface area (Å²) in [7, 11) is 0. The molecule has 9 heteroatoms. The van der Waals surface area contributed by atoms with E-state index in [1.165, 1.54) is 40.1 Å². The minimum absolute atomic E-state index is 0.00669. The SMILES string of the molecule is C=CCN1C(=O)/C(=C/c2ccc([N+](=O)[O-])cc2)S/C1=N/c1nc(C)cs1. The number of thiazole rings is 1. The van der Waals surface area contributed by atoms with E-state index in [1.54, 1.807) is 24.3 Å². The zero-order valence-corrected chi connectivity index (χ0v) is 15.4. The van der Waals surface area contributed by atoms with Gasteiger partial charge in [0.2, 0.25) is 5.13 Å². The summed E-state index contributed by atoms with van der Waals surface area (Å²) in [5.74, 6) is -0.180. The topological polar surface area (TPSA) is 88.7 Å². The van der Waals surface area contributed by atoms with Gasteiger partial charge in [-0.1, -0.05) is 6.08 Å². The quantitative estimate of drug-likeness (QED) is 0.333. The van der Waals surface area contributed by atoms with E-state index < -0.39 is 4.92 Å². The van der Waals surface area contributed by atoms with E-state index in [1.807, 2.05) is 12.3 Å². The lowest BCUT2D eigenvalue weighted by atomic mass is 10.2. The lowest BCUT2D eigenvalue weighted by Crippen LogP contribution is -2.29. The largest absolute Gasteiger partial charge is 0.282 e. The van der Waals surface area contributed by atoms with Crippen LogP contribution >= 0.6 is 23.1 Å². The molecule has 1 aliphatic heterocycles. The number of nitro groups is 1. The molecule has 1 amide bonds. The van der Waals surface area contributed by atoms with E-state index >= 15 is 0 Å². The third kappa shape index (κ3) is 3.89. The van der Waals surface area contributed by atoms with Crippen LogP contribution in [0.5, 0.6) is 0 Å². The maximum Gasteiger partial charge on any atom is 0.269 e. The number of aromatic nitrogens is 1. The molecule has 0 unspecified atom stereocenters. The molecule has 0 saturated carbocycles. The van der Waals surface area contributed by atoms with Gasteiger partial charge in [0.25, 0.3) is 11.6 Å². The molecular formula is C17H14N4O3S2. The van der Waals surface area contributed by atoms with Crippen molar-refractivity contribution < 1.29 is 9.72 Å². The summed E-state index contributed by atoms with van der Waals surface area (Å²) in [6, 6.07) is 6.03. The Hall–Kier alpha value is -2.78. The van der Waals surface area contributed by atoms with Gasteiger partial charge in [-0.25, -0.2) is 4.98 Å². The summed E-state index contributed by atoms with van der Waals surface area (Å²) in [6.07, 6.45) is 3.33. The van der Waals surface area contributed by atoms with Crippen LogP contribution in [0.1, 0.15) is 11.3 Å². The third-order valence-corrected chi connectivity index (χ3v) is 5.26. The smallest absolute Gasteiger partial charge is 0.269 e. The number of amidine groups is 1. The monoisotopic (exact) mass is 386 g/mol. The van der Waals surface area contributed by atoms with E-state index in [0.29, 0.717) is 27.3 Å². The molecule has 1 aromatic carbocycles. The summed E-state index contributed by atoms with van der Waals surface area (Å²) < 4.78 is 0. The van der Waals surface area contributed by atoms with Gasteiger partial charge in [0.1, 0.15) is 0 Å². The van der Waals surface area contributed by atoms with Gasteiger partial charge in [0.15, 0.2) is 5.17 Å². The van der Waals surface area contributed by atoms with Crippen molar-refractivity contribution in [2.45, 2.75) is 6.92 Å². The number of nitro benzene ring substituents is 1. The third-order valence-electron chi connectivity index (χ3n) is 3.40. The second kappa shape index (κ2) is 7.63. The Morgan fingerprint density at radius 2 is 2.12 bits per heavy atom. The highest BCUT2D eigenvalue weighted by atomic mass is 32.2. The van der Waals surface area contributed by atoms with Gasteiger partial charge >= 0.3 is 0 Å². The normalized spacial score (nSPS) is 17.3. The Morgan fingerprint density at radius 3 is 2.69 bits per heavy atom. The fourth-order valence-corrected chi connectivity index (χ4v) is 3.91. The average molecular weight is 386 g/mol. The van der Waals surface area contributed by atoms with Crippen molar-refractivity contribution in [1.82, 2.24) is 9.88 Å². The molecule has 1 fully saturated rings. The minimum atomic E-state index is -0.459. The molecule has 0 N–H and O–H groups in total. The predicted molar refractivity (Wildman–Crippen MR) is 105 cm³/mol. The molecule has 0 spiro atoms. The number of hydrogen-bond acceptors (Lipinski definition) is 7. The van der Waals surface area contributed by atoms with E-state index in [0.717, 1.165) is 5.69 Å². The summed E-state index contributed by atoms with van der Waals surface area (Å²) in [4.78, 5) is 33.7. The van der Waals surface area contributed by atoms with E-state index in [-0.39, 0.29) is 11.6 Å². The number of rotatable bonds is 5. The highest BCUT2D eigenvalue weighted by Crippen LogP contribution is 2.34. The number of benzene rings is 1. The molecule has 7 nitrogen and oxygen atoms in total. The van der Waals surface area contributed by atoms with Crippen molar-refractivity contribution in [2.24, 2.45) is 4.99 Å². The van der Waals surface area contributed by atoms with E-state index in [4.69, 9.17) is 0 Å². The van der Waals surface area contributed by atoms with Crippen LogP contribution in [-0.2, 0) is 4.79 Å². The Kier molecular flexibility index (Phi) is 5.29. The van der Waals surface area contributed by atoms with Crippen LogP contribution in [0.2, 0.25) is 0 Å². The minimum Gasteiger partial charge on any atom is -0.282 e. The van der Waals surface area contributed by atoms with Gasteiger partial charge in [-0.2, -0.15) is 4.99 Å². The van der Waals surface area contributed by atoms with Gasteiger partial charge in [0.05, 0.1) is 15.5 Å². The molecular weight excluding hydrogens is 372 g/mol. The van der Waals surface area contributed by atoms with Gasteiger partial charge < -0.3 is 0 Å². The summed E-state index contributed by atoms with van der Waals surface area (Å²) in [6.45, 7) is 5.91. The zero-order valence-electron chi connectivity index (χ0n) is 13.8. The molecule has 0 radical (unpaired) electrons.